The van der Waals surface area contributed by atoms with E-state index in [9.17, 15) is 22.0 Å². The van der Waals surface area contributed by atoms with Crippen LogP contribution in [0.5, 0.6) is 5.88 Å². The Morgan fingerprint density at radius 3 is 2.68 bits per heavy atom. The fraction of sp³-hybridized carbons (Fsp3) is 0.294. The van der Waals surface area contributed by atoms with Crippen LogP contribution in [0.3, 0.4) is 0 Å². The van der Waals surface area contributed by atoms with Gasteiger partial charge >= 0.3 is 0 Å². The molecule has 0 fully saturated rings. The molecule has 0 radical (unpaired) electrons. The lowest BCUT2D eigenvalue weighted by atomic mass is 10.3. The number of halogens is 2. The Morgan fingerprint density at radius 2 is 1.96 bits per heavy atom. The second-order valence-corrected chi connectivity index (χ2v) is 7.24. The standard InChI is InChI=1S/C17H19F2N3O5S/c1-26-9-10-27-17-15(3-2-7-20-17)22-16(23)6-8-21-28(24,25)12-4-5-13(18)14(19)11-12/h2-5,7,11,21H,6,8-10H2,1H3,(H,22,23). The summed E-state index contributed by atoms with van der Waals surface area (Å²) in [5.41, 5.74) is 0.326. The van der Waals surface area contributed by atoms with E-state index in [2.05, 4.69) is 15.0 Å². The molecule has 0 saturated heterocycles. The number of rotatable bonds is 10. The Labute approximate surface area is 160 Å². The van der Waals surface area contributed by atoms with Crippen LogP contribution < -0.4 is 14.8 Å². The maximum absolute atomic E-state index is 13.2. The molecule has 0 bridgehead atoms. The van der Waals surface area contributed by atoms with Crippen molar-refractivity contribution in [2.24, 2.45) is 0 Å². The number of methoxy groups -OCH3 is 1. The molecule has 2 N–H and O–H groups in total. The third kappa shape index (κ3) is 6.22. The first-order valence-corrected chi connectivity index (χ1v) is 9.63. The molecule has 2 aromatic rings. The number of ether oxygens (including phenoxy) is 2. The van der Waals surface area contributed by atoms with Crippen molar-refractivity contribution in [1.82, 2.24) is 9.71 Å². The van der Waals surface area contributed by atoms with Crippen molar-refractivity contribution in [3.05, 3.63) is 48.2 Å². The molecule has 0 aliphatic carbocycles. The molecule has 0 saturated carbocycles. The lowest BCUT2D eigenvalue weighted by Gasteiger charge is -2.11. The number of hydrogen-bond acceptors (Lipinski definition) is 6. The smallest absolute Gasteiger partial charge is 0.240 e. The number of nitrogens with one attached hydrogen (secondary N) is 2. The summed E-state index contributed by atoms with van der Waals surface area (Å²) in [6, 6.07) is 5.39. The van der Waals surface area contributed by atoms with Crippen LogP contribution in [0.2, 0.25) is 0 Å². The number of benzene rings is 1. The highest BCUT2D eigenvalue weighted by atomic mass is 32.2. The number of pyridine rings is 1. The van der Waals surface area contributed by atoms with E-state index in [0.29, 0.717) is 24.4 Å². The van der Waals surface area contributed by atoms with Crippen LogP contribution in [-0.4, -0.2) is 46.2 Å². The quantitative estimate of drug-likeness (QED) is 0.572. The Morgan fingerprint density at radius 1 is 1.18 bits per heavy atom. The summed E-state index contributed by atoms with van der Waals surface area (Å²) in [5, 5.41) is 2.57. The highest BCUT2D eigenvalue weighted by molar-refractivity contribution is 7.89. The van der Waals surface area contributed by atoms with E-state index in [1.54, 1.807) is 12.1 Å². The van der Waals surface area contributed by atoms with Gasteiger partial charge in [-0.3, -0.25) is 4.79 Å². The summed E-state index contributed by atoms with van der Waals surface area (Å²) in [5.74, 6) is -2.72. The summed E-state index contributed by atoms with van der Waals surface area (Å²) in [6.45, 7) is 0.341. The van der Waals surface area contributed by atoms with E-state index in [0.717, 1.165) is 6.07 Å². The van der Waals surface area contributed by atoms with Gasteiger partial charge in [0, 0.05) is 26.3 Å². The van der Waals surface area contributed by atoms with E-state index in [1.807, 2.05) is 0 Å². The fourth-order valence-corrected chi connectivity index (χ4v) is 3.10. The van der Waals surface area contributed by atoms with Crippen molar-refractivity contribution in [3.8, 4) is 5.88 Å². The Kier molecular flexibility index (Phi) is 7.79. The van der Waals surface area contributed by atoms with Gasteiger partial charge in [0.2, 0.25) is 21.8 Å². The number of nitrogens with zero attached hydrogens (tertiary/aromatic N) is 1. The highest BCUT2D eigenvalue weighted by Gasteiger charge is 2.17. The maximum atomic E-state index is 13.2. The normalized spacial score (nSPS) is 11.2. The predicted molar refractivity (Wildman–Crippen MR) is 96.4 cm³/mol. The maximum Gasteiger partial charge on any atom is 0.240 e. The topological polar surface area (TPSA) is 107 Å². The zero-order valence-corrected chi connectivity index (χ0v) is 15.8. The van der Waals surface area contributed by atoms with E-state index >= 15 is 0 Å². The molecule has 1 aromatic carbocycles. The summed E-state index contributed by atoms with van der Waals surface area (Å²) < 4.78 is 62.6. The summed E-state index contributed by atoms with van der Waals surface area (Å²) in [6.07, 6.45) is 1.29. The van der Waals surface area contributed by atoms with Gasteiger partial charge in [0.05, 0.1) is 11.5 Å². The molecule has 1 heterocycles. The first-order valence-electron chi connectivity index (χ1n) is 8.15. The van der Waals surface area contributed by atoms with Crippen molar-refractivity contribution in [2.75, 3.05) is 32.2 Å². The Bertz CT molecular complexity index is 925. The van der Waals surface area contributed by atoms with Crippen molar-refractivity contribution in [1.29, 1.82) is 0 Å². The average Bonchev–Trinajstić information content (AvgIpc) is 2.65. The van der Waals surface area contributed by atoms with Crippen LogP contribution in [0, 0.1) is 11.6 Å². The molecule has 0 spiro atoms. The van der Waals surface area contributed by atoms with Crippen LogP contribution >= 0.6 is 0 Å². The third-order valence-corrected chi connectivity index (χ3v) is 4.88. The summed E-state index contributed by atoms with van der Waals surface area (Å²) >= 11 is 0. The lowest BCUT2D eigenvalue weighted by molar-refractivity contribution is -0.116. The average molecular weight is 415 g/mol. The van der Waals surface area contributed by atoms with Crippen LogP contribution in [0.1, 0.15) is 6.42 Å². The minimum Gasteiger partial charge on any atom is -0.474 e. The van der Waals surface area contributed by atoms with Gasteiger partial charge in [0.25, 0.3) is 0 Å². The first-order chi connectivity index (χ1) is 13.3. The minimum atomic E-state index is -4.08. The zero-order chi connectivity index (χ0) is 20.6. The second-order valence-electron chi connectivity index (χ2n) is 5.47. The van der Waals surface area contributed by atoms with Gasteiger partial charge in [-0.05, 0) is 30.3 Å². The van der Waals surface area contributed by atoms with Crippen LogP contribution in [0.4, 0.5) is 14.5 Å². The molecular formula is C17H19F2N3O5S. The Balaban J connectivity index is 1.90. The molecule has 11 heteroatoms. The van der Waals surface area contributed by atoms with E-state index in [1.165, 1.54) is 13.3 Å². The molecule has 0 unspecified atom stereocenters. The van der Waals surface area contributed by atoms with Gasteiger partial charge in [-0.15, -0.1) is 0 Å². The largest absolute Gasteiger partial charge is 0.474 e. The first kappa shape index (κ1) is 21.7. The van der Waals surface area contributed by atoms with Crippen molar-refractivity contribution >= 4 is 21.6 Å². The van der Waals surface area contributed by atoms with E-state index in [-0.39, 0.29) is 25.5 Å². The summed E-state index contributed by atoms with van der Waals surface area (Å²) in [4.78, 5) is 15.6. The monoisotopic (exact) mass is 415 g/mol. The van der Waals surface area contributed by atoms with Crippen LogP contribution in [-0.2, 0) is 19.6 Å². The molecule has 2 rings (SSSR count). The molecule has 8 nitrogen and oxygen atoms in total. The Hall–Kier alpha value is -2.63. The molecule has 0 aliphatic heterocycles. The third-order valence-electron chi connectivity index (χ3n) is 3.42. The molecular weight excluding hydrogens is 396 g/mol. The number of hydrogen-bond donors (Lipinski definition) is 2. The van der Waals surface area contributed by atoms with Gasteiger partial charge in [-0.2, -0.15) is 0 Å². The number of sulfonamides is 1. The van der Waals surface area contributed by atoms with E-state index in [4.69, 9.17) is 9.47 Å². The molecule has 1 aromatic heterocycles. The molecule has 152 valence electrons. The zero-order valence-electron chi connectivity index (χ0n) is 14.9. The van der Waals surface area contributed by atoms with Crippen LogP contribution in [0.25, 0.3) is 0 Å². The number of carbonyl (C=O) groups excluding carboxylic acids is 1. The number of amides is 1. The molecule has 1 amide bonds. The highest BCUT2D eigenvalue weighted by Crippen LogP contribution is 2.20. The fourth-order valence-electron chi connectivity index (χ4n) is 2.06. The van der Waals surface area contributed by atoms with Gasteiger partial charge in [-0.25, -0.2) is 26.9 Å². The van der Waals surface area contributed by atoms with Gasteiger partial charge < -0.3 is 14.8 Å². The van der Waals surface area contributed by atoms with Crippen molar-refractivity contribution in [3.63, 3.8) is 0 Å². The molecule has 0 aliphatic rings. The van der Waals surface area contributed by atoms with Crippen molar-refractivity contribution in [2.45, 2.75) is 11.3 Å². The SMILES string of the molecule is COCCOc1ncccc1NC(=O)CCNS(=O)(=O)c1ccc(F)c(F)c1. The number of carbonyl (C=O) groups is 1. The molecule has 0 atom stereocenters. The number of anilines is 1. The number of aromatic nitrogens is 1. The van der Waals surface area contributed by atoms with Crippen LogP contribution in [0.15, 0.2) is 41.4 Å². The predicted octanol–water partition coefficient (Wildman–Crippen LogP) is 1.69. The van der Waals surface area contributed by atoms with Gasteiger partial charge in [0.15, 0.2) is 11.6 Å². The molecule has 28 heavy (non-hydrogen) atoms. The van der Waals surface area contributed by atoms with Crippen molar-refractivity contribution < 1.29 is 31.5 Å². The van der Waals surface area contributed by atoms with Gasteiger partial charge in [0.1, 0.15) is 12.3 Å². The second kappa shape index (κ2) is 10.1. The lowest BCUT2D eigenvalue weighted by Crippen LogP contribution is -2.28. The minimum absolute atomic E-state index is 0.199. The summed E-state index contributed by atoms with van der Waals surface area (Å²) in [7, 11) is -2.56. The van der Waals surface area contributed by atoms with E-state index < -0.39 is 32.5 Å². The van der Waals surface area contributed by atoms with Gasteiger partial charge in [-0.1, -0.05) is 0 Å².